The van der Waals surface area contributed by atoms with Gasteiger partial charge in [0, 0.05) is 25.2 Å². The maximum absolute atomic E-state index is 3.81. The van der Waals surface area contributed by atoms with E-state index in [-0.39, 0.29) is 5.54 Å². The molecular formula is C19H38N2. The van der Waals surface area contributed by atoms with Crippen LogP contribution < -0.4 is 5.32 Å². The van der Waals surface area contributed by atoms with Crippen LogP contribution in [-0.2, 0) is 0 Å². The molecule has 0 aromatic heterocycles. The Kier molecular flexibility index (Phi) is 5.41. The predicted octanol–water partition coefficient (Wildman–Crippen LogP) is 4.16. The number of hydrogen-bond acceptors (Lipinski definition) is 2. The van der Waals surface area contributed by atoms with Crippen molar-refractivity contribution in [2.75, 3.05) is 26.7 Å². The lowest BCUT2D eigenvalue weighted by molar-refractivity contribution is 0.0824. The molecule has 2 aliphatic carbocycles. The lowest BCUT2D eigenvalue weighted by atomic mass is 9.69. The molecule has 2 aliphatic rings. The molecule has 0 aliphatic heterocycles. The minimum Gasteiger partial charge on any atom is -0.311 e. The fraction of sp³-hybridized carbons (Fsp3) is 1.00. The van der Waals surface area contributed by atoms with Crippen molar-refractivity contribution >= 4 is 0 Å². The minimum absolute atomic E-state index is 0.233. The first-order valence-electron chi connectivity index (χ1n) is 9.13. The molecule has 2 fully saturated rings. The lowest BCUT2D eigenvalue weighted by Crippen LogP contribution is -2.50. The van der Waals surface area contributed by atoms with E-state index in [4.69, 9.17) is 0 Å². The smallest absolute Gasteiger partial charge is 0.00967 e. The normalized spacial score (nSPS) is 37.0. The average Bonchev–Trinajstić information content (AvgIpc) is 3.01. The first kappa shape index (κ1) is 17.3. The van der Waals surface area contributed by atoms with Gasteiger partial charge >= 0.3 is 0 Å². The molecule has 124 valence electrons. The molecule has 1 N–H and O–H groups in total. The molecule has 2 saturated carbocycles. The van der Waals surface area contributed by atoms with Gasteiger partial charge in [-0.3, -0.25) is 0 Å². The van der Waals surface area contributed by atoms with Crippen LogP contribution in [0.3, 0.4) is 0 Å². The van der Waals surface area contributed by atoms with Gasteiger partial charge in [0.25, 0.3) is 0 Å². The zero-order valence-corrected chi connectivity index (χ0v) is 15.3. The topological polar surface area (TPSA) is 15.3 Å². The van der Waals surface area contributed by atoms with Crippen LogP contribution in [0.1, 0.15) is 66.7 Å². The molecule has 2 rings (SSSR count). The van der Waals surface area contributed by atoms with Gasteiger partial charge in [0.05, 0.1) is 0 Å². The Balaban J connectivity index is 1.93. The van der Waals surface area contributed by atoms with E-state index in [1.54, 1.807) is 0 Å². The third-order valence-electron chi connectivity index (χ3n) is 5.61. The minimum atomic E-state index is 0.233. The molecule has 4 atom stereocenters. The maximum atomic E-state index is 3.81. The molecule has 0 aromatic rings. The van der Waals surface area contributed by atoms with Gasteiger partial charge in [-0.1, -0.05) is 26.7 Å². The maximum Gasteiger partial charge on any atom is 0.00967 e. The first-order valence-corrected chi connectivity index (χ1v) is 9.13. The van der Waals surface area contributed by atoms with Crippen molar-refractivity contribution < 1.29 is 0 Å². The van der Waals surface area contributed by atoms with Crippen LogP contribution in [0.5, 0.6) is 0 Å². The standard InChI is InChI=1S/C19H38N2/c1-15-8-7-9-19(11-15,13-20-18(3,4)5)14-21(6)12-17-10-16(17)2/h15-17,20H,7-14H2,1-6H3. The average molecular weight is 295 g/mol. The molecule has 0 bridgehead atoms. The third kappa shape index (κ3) is 5.56. The van der Waals surface area contributed by atoms with E-state index in [2.05, 4.69) is 51.9 Å². The summed E-state index contributed by atoms with van der Waals surface area (Å²) >= 11 is 0. The van der Waals surface area contributed by atoms with Crippen molar-refractivity contribution in [3.8, 4) is 0 Å². The van der Waals surface area contributed by atoms with Crippen LogP contribution in [0, 0.1) is 23.2 Å². The van der Waals surface area contributed by atoms with Gasteiger partial charge in [-0.2, -0.15) is 0 Å². The highest BCUT2D eigenvalue weighted by atomic mass is 15.1. The first-order chi connectivity index (χ1) is 9.69. The summed E-state index contributed by atoms with van der Waals surface area (Å²) < 4.78 is 0. The highest BCUT2D eigenvalue weighted by Gasteiger charge is 2.39. The van der Waals surface area contributed by atoms with Crippen LogP contribution in [0.25, 0.3) is 0 Å². The van der Waals surface area contributed by atoms with Crippen LogP contribution >= 0.6 is 0 Å². The van der Waals surface area contributed by atoms with Gasteiger partial charge in [0.2, 0.25) is 0 Å². The van der Waals surface area contributed by atoms with Crippen LogP contribution in [-0.4, -0.2) is 37.1 Å². The number of hydrogen-bond donors (Lipinski definition) is 1. The third-order valence-corrected chi connectivity index (χ3v) is 5.61. The highest BCUT2D eigenvalue weighted by molar-refractivity contribution is 4.93. The Hall–Kier alpha value is -0.0800. The van der Waals surface area contributed by atoms with E-state index in [0.717, 1.165) is 17.8 Å². The molecule has 0 amide bonds. The van der Waals surface area contributed by atoms with E-state index < -0.39 is 0 Å². The van der Waals surface area contributed by atoms with Gasteiger partial charge in [-0.05, 0) is 70.3 Å². The molecule has 2 heteroatoms. The largest absolute Gasteiger partial charge is 0.311 e. The highest BCUT2D eigenvalue weighted by Crippen LogP contribution is 2.42. The number of rotatable bonds is 6. The van der Waals surface area contributed by atoms with Crippen molar-refractivity contribution in [2.45, 2.75) is 72.3 Å². The Morgan fingerprint density at radius 2 is 1.90 bits per heavy atom. The zero-order valence-electron chi connectivity index (χ0n) is 15.3. The SMILES string of the molecule is CC1CCCC(CNC(C)(C)C)(CN(C)CC2CC2C)C1. The van der Waals surface area contributed by atoms with Crippen molar-refractivity contribution in [2.24, 2.45) is 23.2 Å². The second-order valence-electron chi connectivity index (χ2n) is 9.47. The van der Waals surface area contributed by atoms with E-state index in [0.29, 0.717) is 5.41 Å². The monoisotopic (exact) mass is 294 g/mol. The summed E-state index contributed by atoms with van der Waals surface area (Å²) in [6, 6.07) is 0. The van der Waals surface area contributed by atoms with Crippen molar-refractivity contribution in [3.63, 3.8) is 0 Å². The molecule has 0 heterocycles. The van der Waals surface area contributed by atoms with Gasteiger partial charge in [0.15, 0.2) is 0 Å². The van der Waals surface area contributed by atoms with Gasteiger partial charge in [0.1, 0.15) is 0 Å². The molecule has 21 heavy (non-hydrogen) atoms. The Bertz CT molecular complexity index is 333. The van der Waals surface area contributed by atoms with E-state index in [1.807, 2.05) is 0 Å². The molecule has 4 unspecified atom stereocenters. The van der Waals surface area contributed by atoms with Crippen molar-refractivity contribution in [1.82, 2.24) is 10.2 Å². The second-order valence-corrected chi connectivity index (χ2v) is 9.47. The van der Waals surface area contributed by atoms with Gasteiger partial charge in [-0.25, -0.2) is 0 Å². The molecule has 0 spiro atoms. The van der Waals surface area contributed by atoms with Gasteiger partial charge in [-0.15, -0.1) is 0 Å². The molecule has 0 aromatic carbocycles. The number of nitrogens with zero attached hydrogens (tertiary/aromatic N) is 1. The van der Waals surface area contributed by atoms with Gasteiger partial charge < -0.3 is 10.2 Å². The molecule has 0 radical (unpaired) electrons. The van der Waals surface area contributed by atoms with Crippen LogP contribution in [0.15, 0.2) is 0 Å². The predicted molar refractivity (Wildman–Crippen MR) is 92.6 cm³/mol. The Morgan fingerprint density at radius 1 is 1.24 bits per heavy atom. The van der Waals surface area contributed by atoms with Crippen LogP contribution in [0.2, 0.25) is 0 Å². The van der Waals surface area contributed by atoms with E-state index >= 15 is 0 Å². The quantitative estimate of drug-likeness (QED) is 0.791. The van der Waals surface area contributed by atoms with E-state index in [9.17, 15) is 0 Å². The summed E-state index contributed by atoms with van der Waals surface area (Å²) in [4.78, 5) is 2.64. The summed E-state index contributed by atoms with van der Waals surface area (Å²) in [5.41, 5.74) is 0.731. The fourth-order valence-corrected chi connectivity index (χ4v) is 4.27. The Labute approximate surface area is 133 Å². The van der Waals surface area contributed by atoms with E-state index in [1.165, 1.54) is 51.7 Å². The summed E-state index contributed by atoms with van der Waals surface area (Å²) in [5.74, 6) is 2.85. The Morgan fingerprint density at radius 3 is 2.43 bits per heavy atom. The van der Waals surface area contributed by atoms with Crippen molar-refractivity contribution in [3.05, 3.63) is 0 Å². The van der Waals surface area contributed by atoms with Crippen molar-refractivity contribution in [1.29, 1.82) is 0 Å². The lowest BCUT2D eigenvalue weighted by Gasteiger charge is -2.44. The molecule has 2 nitrogen and oxygen atoms in total. The second kappa shape index (κ2) is 6.58. The van der Waals surface area contributed by atoms with Crippen LogP contribution in [0.4, 0.5) is 0 Å². The fourth-order valence-electron chi connectivity index (χ4n) is 4.27. The summed E-state index contributed by atoms with van der Waals surface area (Å²) in [5, 5.41) is 3.81. The summed E-state index contributed by atoms with van der Waals surface area (Å²) in [6.07, 6.45) is 7.11. The number of nitrogens with one attached hydrogen (secondary N) is 1. The molecular weight excluding hydrogens is 256 g/mol. The summed E-state index contributed by atoms with van der Waals surface area (Å²) in [7, 11) is 2.35. The zero-order chi connectivity index (χ0) is 15.7. The molecule has 0 saturated heterocycles. The summed E-state index contributed by atoms with van der Waals surface area (Å²) in [6.45, 7) is 15.5.